The molecule has 0 aliphatic carbocycles. The van der Waals surface area contributed by atoms with Crippen LogP contribution in [0.25, 0.3) is 0 Å². The Balaban J connectivity index is -0.000000411. The summed E-state index contributed by atoms with van der Waals surface area (Å²) in [5.41, 5.74) is 0. The Bertz CT molecular complexity index is 390. The van der Waals surface area contributed by atoms with E-state index in [9.17, 15) is 0 Å². The van der Waals surface area contributed by atoms with E-state index in [0.29, 0.717) is 4.65 Å². The van der Waals surface area contributed by atoms with Crippen LogP contribution in [-0.2, 0) is 19.0 Å². The maximum Gasteiger partial charge on any atom is 0.109 e. The fraction of sp³-hybridized carbons (Fsp3) is 1.00. The van der Waals surface area contributed by atoms with Crippen molar-refractivity contribution in [2.45, 2.75) is 52.9 Å². The summed E-state index contributed by atoms with van der Waals surface area (Å²) in [5.74, 6) is 0. The maximum absolute atomic E-state index is 5.36. The van der Waals surface area contributed by atoms with Gasteiger partial charge in [0.05, 0.1) is 75.1 Å². The number of ether oxygens (including phenoxy) is 3. The van der Waals surface area contributed by atoms with Crippen LogP contribution in [0.15, 0.2) is 0 Å². The van der Waals surface area contributed by atoms with Gasteiger partial charge in [0.1, 0.15) is 13.1 Å². The second kappa shape index (κ2) is 23.5. The van der Waals surface area contributed by atoms with E-state index in [1.54, 1.807) is 28.4 Å². The minimum absolute atomic E-state index is 0.698. The van der Waals surface area contributed by atoms with Gasteiger partial charge in [0.25, 0.3) is 0 Å². The summed E-state index contributed by atoms with van der Waals surface area (Å²) in [7, 11) is 18.2. The molecule has 0 amide bonds. The van der Waals surface area contributed by atoms with Crippen molar-refractivity contribution in [2.24, 2.45) is 0 Å². The molecular formula is C26H64N3O4+3. The molecule has 1 atom stereocenters. The molecule has 0 aromatic carbocycles. The first-order valence-corrected chi connectivity index (χ1v) is 12.9. The van der Waals surface area contributed by atoms with E-state index in [1.165, 1.54) is 39.0 Å². The van der Waals surface area contributed by atoms with Crippen LogP contribution in [0.3, 0.4) is 0 Å². The van der Waals surface area contributed by atoms with Gasteiger partial charge in [0.2, 0.25) is 0 Å². The summed E-state index contributed by atoms with van der Waals surface area (Å²) in [5, 5.41) is 0. The predicted molar refractivity (Wildman–Crippen MR) is 142 cm³/mol. The van der Waals surface area contributed by atoms with Crippen molar-refractivity contribution in [3.8, 4) is 0 Å². The number of methoxy groups -OCH3 is 3. The van der Waals surface area contributed by atoms with E-state index < -0.39 is 0 Å². The van der Waals surface area contributed by atoms with E-state index in [-0.39, 0.29) is 0 Å². The number of hydroxylamine groups is 3. The molecule has 0 N–H and O–H groups in total. The van der Waals surface area contributed by atoms with E-state index >= 15 is 0 Å². The standard InChI is InChI=1S/C9H22NO2.C9H22NO.C8H20NO/c1-5-10(2,12-4)8-6-7-9-11-3;1-5-10(2,3)8-6-7-9-11-4;1-5-9(2,3)7-6-8-10-4/h5-9H2,1-4H3;5-9H2,1-4H3;5-8H2,1-4H3/q3*+1. The minimum Gasteiger partial charge on any atom is -0.385 e. The van der Waals surface area contributed by atoms with E-state index in [2.05, 4.69) is 56.0 Å². The van der Waals surface area contributed by atoms with Gasteiger partial charge < -0.3 is 23.2 Å². The molecule has 0 aromatic rings. The monoisotopic (exact) mass is 482 g/mol. The molecule has 0 aliphatic heterocycles. The van der Waals surface area contributed by atoms with Gasteiger partial charge in [-0.3, -0.25) is 0 Å². The van der Waals surface area contributed by atoms with Gasteiger partial charge in [-0.1, -0.05) is 0 Å². The SMILES string of the molecule is CC[N+](C)(C)CCCCOC.CC[N+](C)(C)CCCOC.CC[N+](C)(CCCCOC)OC. The van der Waals surface area contributed by atoms with Crippen molar-refractivity contribution in [3.63, 3.8) is 0 Å². The predicted octanol–water partition coefficient (Wildman–Crippen LogP) is 4.07. The molecule has 0 heterocycles. The third-order valence-electron chi connectivity index (χ3n) is 6.53. The summed E-state index contributed by atoms with van der Waals surface area (Å²) in [6.45, 7) is 16.2. The molecule has 0 bridgehead atoms. The second-order valence-corrected chi connectivity index (χ2v) is 10.2. The first-order chi connectivity index (χ1) is 15.4. The Kier molecular flexibility index (Phi) is 26.5. The molecule has 0 spiro atoms. The van der Waals surface area contributed by atoms with Crippen LogP contribution in [0.2, 0.25) is 0 Å². The van der Waals surface area contributed by atoms with E-state index in [0.717, 1.165) is 61.1 Å². The molecule has 0 aromatic heterocycles. The maximum atomic E-state index is 5.36. The lowest BCUT2D eigenvalue weighted by atomic mass is 10.3. The number of unbranched alkanes of at least 4 members (excludes halogenated alkanes) is 2. The summed E-state index contributed by atoms with van der Waals surface area (Å²) in [6, 6.07) is 0. The Morgan fingerprint density at radius 2 is 0.818 bits per heavy atom. The van der Waals surface area contributed by atoms with Crippen LogP contribution < -0.4 is 0 Å². The molecule has 33 heavy (non-hydrogen) atoms. The average molecular weight is 483 g/mol. The highest BCUT2D eigenvalue weighted by atomic mass is 16.7. The van der Waals surface area contributed by atoms with Crippen LogP contribution in [0, 0.1) is 0 Å². The normalized spacial score (nSPS) is 13.5. The molecule has 7 heteroatoms. The highest BCUT2D eigenvalue weighted by Gasteiger charge is 2.17. The summed E-state index contributed by atoms with van der Waals surface area (Å²) in [6.07, 6.45) is 5.91. The topological polar surface area (TPSA) is 36.9 Å². The fourth-order valence-corrected chi connectivity index (χ4v) is 2.81. The Labute approximate surface area is 208 Å². The lowest BCUT2D eigenvalue weighted by Gasteiger charge is -2.28. The molecule has 0 rings (SSSR count). The van der Waals surface area contributed by atoms with Crippen LogP contribution in [-0.4, -0.2) is 136 Å². The zero-order valence-corrected chi connectivity index (χ0v) is 24.9. The third kappa shape index (κ3) is 27.8. The van der Waals surface area contributed by atoms with Gasteiger partial charge in [-0.15, -0.1) is 0 Å². The lowest BCUT2D eigenvalue weighted by molar-refractivity contribution is -1.09. The molecule has 204 valence electrons. The van der Waals surface area contributed by atoms with E-state index in [1.807, 2.05) is 0 Å². The lowest BCUT2D eigenvalue weighted by Crippen LogP contribution is -2.43. The number of hydrogen-bond donors (Lipinski definition) is 0. The first kappa shape index (κ1) is 37.3. The van der Waals surface area contributed by atoms with Crippen LogP contribution in [0.1, 0.15) is 52.9 Å². The van der Waals surface area contributed by atoms with Crippen molar-refractivity contribution < 1.29 is 32.7 Å². The Hall–Kier alpha value is -0.280. The minimum atomic E-state index is 0.698. The number of hydrogen-bond acceptors (Lipinski definition) is 4. The number of nitrogens with zero attached hydrogens (tertiary/aromatic N) is 3. The molecule has 7 nitrogen and oxygen atoms in total. The van der Waals surface area contributed by atoms with Crippen LogP contribution >= 0.6 is 0 Å². The zero-order chi connectivity index (χ0) is 26.2. The molecule has 1 unspecified atom stereocenters. The van der Waals surface area contributed by atoms with Crippen molar-refractivity contribution in [1.82, 2.24) is 0 Å². The van der Waals surface area contributed by atoms with Crippen LogP contribution in [0.4, 0.5) is 0 Å². The Morgan fingerprint density at radius 3 is 1.15 bits per heavy atom. The summed E-state index contributed by atoms with van der Waals surface area (Å²) >= 11 is 0. The van der Waals surface area contributed by atoms with E-state index in [4.69, 9.17) is 19.0 Å². The van der Waals surface area contributed by atoms with Gasteiger partial charge >= 0.3 is 0 Å². The molecule has 0 aliphatic rings. The smallest absolute Gasteiger partial charge is 0.109 e. The third-order valence-corrected chi connectivity index (χ3v) is 6.53. The van der Waals surface area contributed by atoms with Gasteiger partial charge in [-0.25, -0.2) is 4.84 Å². The Morgan fingerprint density at radius 1 is 0.455 bits per heavy atom. The van der Waals surface area contributed by atoms with Crippen molar-refractivity contribution in [2.75, 3.05) is 123 Å². The van der Waals surface area contributed by atoms with Crippen molar-refractivity contribution >= 4 is 0 Å². The van der Waals surface area contributed by atoms with Crippen molar-refractivity contribution in [1.29, 1.82) is 0 Å². The van der Waals surface area contributed by atoms with Gasteiger partial charge in [-0.2, -0.15) is 4.65 Å². The molecule has 0 saturated heterocycles. The largest absolute Gasteiger partial charge is 0.385 e. The van der Waals surface area contributed by atoms with Crippen molar-refractivity contribution in [3.05, 3.63) is 0 Å². The van der Waals surface area contributed by atoms with Gasteiger partial charge in [0, 0.05) is 47.4 Å². The zero-order valence-electron chi connectivity index (χ0n) is 24.9. The fourth-order valence-electron chi connectivity index (χ4n) is 2.81. The number of rotatable bonds is 18. The highest BCUT2D eigenvalue weighted by Crippen LogP contribution is 2.05. The van der Waals surface area contributed by atoms with Gasteiger partial charge in [-0.05, 0) is 40.0 Å². The average Bonchev–Trinajstić information content (AvgIpc) is 2.80. The second-order valence-electron chi connectivity index (χ2n) is 10.2. The molecule has 0 radical (unpaired) electrons. The quantitative estimate of drug-likeness (QED) is 0.168. The first-order valence-electron chi connectivity index (χ1n) is 12.9. The summed E-state index contributed by atoms with van der Waals surface area (Å²) < 4.78 is 17.9. The van der Waals surface area contributed by atoms with Gasteiger partial charge in [0.15, 0.2) is 0 Å². The molecule has 0 saturated carbocycles. The molecule has 0 fully saturated rings. The molecular weight excluding hydrogens is 418 g/mol. The summed E-state index contributed by atoms with van der Waals surface area (Å²) in [4.78, 5) is 5.36. The van der Waals surface area contributed by atoms with Crippen LogP contribution in [0.5, 0.6) is 0 Å². The number of quaternary nitrogens is 3. The highest BCUT2D eigenvalue weighted by molar-refractivity contribution is 4.38.